The van der Waals surface area contributed by atoms with E-state index >= 15 is 0 Å². The van der Waals surface area contributed by atoms with E-state index in [2.05, 4.69) is 6.58 Å². The van der Waals surface area contributed by atoms with Gasteiger partial charge in [0.25, 0.3) is 0 Å². The van der Waals surface area contributed by atoms with Crippen LogP contribution in [0.3, 0.4) is 0 Å². The fraction of sp³-hybridized carbons (Fsp3) is 0. The molecular formula is C17H14O2. The van der Waals surface area contributed by atoms with Gasteiger partial charge < -0.3 is 4.74 Å². The van der Waals surface area contributed by atoms with Gasteiger partial charge in [-0.2, -0.15) is 0 Å². The highest BCUT2D eigenvalue weighted by Gasteiger charge is 1.98. The van der Waals surface area contributed by atoms with Gasteiger partial charge in [-0.3, -0.25) is 0 Å². The number of hydrogen-bond acceptors (Lipinski definition) is 2. The Morgan fingerprint density at radius 2 is 1.58 bits per heavy atom. The lowest BCUT2D eigenvalue weighted by Gasteiger charge is -2.00. The van der Waals surface area contributed by atoms with Crippen molar-refractivity contribution in [2.75, 3.05) is 0 Å². The lowest BCUT2D eigenvalue weighted by molar-refractivity contribution is -0.128. The third-order valence-electron chi connectivity index (χ3n) is 2.55. The van der Waals surface area contributed by atoms with Crippen LogP contribution in [0.2, 0.25) is 0 Å². The Morgan fingerprint density at radius 1 is 0.947 bits per heavy atom. The highest BCUT2D eigenvalue weighted by Crippen LogP contribution is 2.10. The summed E-state index contributed by atoms with van der Waals surface area (Å²) >= 11 is 0. The fourth-order valence-electron chi connectivity index (χ4n) is 1.55. The van der Waals surface area contributed by atoms with Crippen LogP contribution in [0, 0.1) is 0 Å². The molecule has 2 nitrogen and oxygen atoms in total. The van der Waals surface area contributed by atoms with E-state index in [0.717, 1.165) is 11.1 Å². The highest BCUT2D eigenvalue weighted by molar-refractivity contribution is 5.88. The molecule has 2 aromatic carbocycles. The third-order valence-corrected chi connectivity index (χ3v) is 2.55. The van der Waals surface area contributed by atoms with Crippen molar-refractivity contribution in [3.63, 3.8) is 0 Å². The number of ether oxygens (including phenoxy) is 1. The Hall–Kier alpha value is -2.61. The first-order chi connectivity index (χ1) is 9.28. The second-order valence-electron chi connectivity index (χ2n) is 3.94. The summed E-state index contributed by atoms with van der Waals surface area (Å²) in [5.41, 5.74) is 1.99. The van der Waals surface area contributed by atoms with E-state index in [1.165, 1.54) is 6.08 Å². The van der Waals surface area contributed by atoms with Crippen molar-refractivity contribution in [2.45, 2.75) is 0 Å². The third kappa shape index (κ3) is 3.96. The molecule has 0 heterocycles. The van der Waals surface area contributed by atoms with Crippen LogP contribution >= 0.6 is 0 Å². The quantitative estimate of drug-likeness (QED) is 0.466. The van der Waals surface area contributed by atoms with Crippen molar-refractivity contribution in [3.05, 3.63) is 78.4 Å². The molecule has 19 heavy (non-hydrogen) atoms. The van der Waals surface area contributed by atoms with Gasteiger partial charge in [0.05, 0.1) is 0 Å². The van der Waals surface area contributed by atoms with Gasteiger partial charge in [-0.1, -0.05) is 55.1 Å². The predicted octanol–water partition coefficient (Wildman–Crippen LogP) is 3.95. The van der Waals surface area contributed by atoms with E-state index in [-0.39, 0.29) is 5.97 Å². The molecule has 0 aromatic heterocycles. The average molecular weight is 250 g/mol. The monoisotopic (exact) mass is 250 g/mol. The van der Waals surface area contributed by atoms with Gasteiger partial charge >= 0.3 is 5.97 Å². The average Bonchev–Trinajstić information content (AvgIpc) is 2.47. The standard InChI is InChI=1S/C17H14O2/c1-2-14-8-10-15(11-9-14)12-13-17(18)19-16-6-4-3-5-7-16/h2-13H,1H2/b13-12+. The minimum Gasteiger partial charge on any atom is -0.423 e. The largest absolute Gasteiger partial charge is 0.423 e. The van der Waals surface area contributed by atoms with Crippen molar-refractivity contribution in [1.29, 1.82) is 0 Å². The second kappa shape index (κ2) is 6.36. The van der Waals surface area contributed by atoms with Gasteiger partial charge in [0, 0.05) is 6.08 Å². The maximum atomic E-state index is 11.6. The van der Waals surface area contributed by atoms with E-state index in [1.807, 2.05) is 42.5 Å². The maximum Gasteiger partial charge on any atom is 0.336 e. The van der Waals surface area contributed by atoms with Crippen molar-refractivity contribution in [2.24, 2.45) is 0 Å². The molecule has 0 amide bonds. The van der Waals surface area contributed by atoms with Crippen molar-refractivity contribution >= 4 is 18.1 Å². The van der Waals surface area contributed by atoms with Gasteiger partial charge in [-0.25, -0.2) is 4.79 Å². The smallest absolute Gasteiger partial charge is 0.336 e. The van der Waals surface area contributed by atoms with E-state index in [9.17, 15) is 4.79 Å². The summed E-state index contributed by atoms with van der Waals surface area (Å²) in [7, 11) is 0. The Kier molecular flexibility index (Phi) is 4.29. The highest BCUT2D eigenvalue weighted by atomic mass is 16.5. The topological polar surface area (TPSA) is 26.3 Å². The number of carbonyl (C=O) groups is 1. The zero-order valence-corrected chi connectivity index (χ0v) is 10.5. The number of esters is 1. The molecule has 0 aliphatic carbocycles. The number of hydrogen-bond donors (Lipinski definition) is 0. The number of benzene rings is 2. The van der Waals surface area contributed by atoms with Crippen LogP contribution in [0.5, 0.6) is 5.75 Å². The molecule has 0 atom stereocenters. The van der Waals surface area contributed by atoms with Crippen LogP contribution in [0.1, 0.15) is 11.1 Å². The first-order valence-corrected chi connectivity index (χ1v) is 5.95. The summed E-state index contributed by atoms with van der Waals surface area (Å²) in [4.78, 5) is 11.6. The predicted molar refractivity (Wildman–Crippen MR) is 77.6 cm³/mol. The zero-order valence-electron chi connectivity index (χ0n) is 10.5. The van der Waals surface area contributed by atoms with Crippen molar-refractivity contribution in [1.82, 2.24) is 0 Å². The molecule has 2 rings (SSSR count). The zero-order chi connectivity index (χ0) is 13.5. The molecule has 94 valence electrons. The van der Waals surface area contributed by atoms with E-state index in [1.54, 1.807) is 24.3 Å². The molecule has 0 spiro atoms. The molecular weight excluding hydrogens is 236 g/mol. The summed E-state index contributed by atoms with van der Waals surface area (Å²) in [6.45, 7) is 3.69. The van der Waals surface area contributed by atoms with Crippen LogP contribution < -0.4 is 4.74 Å². The Bertz CT molecular complexity index is 580. The Morgan fingerprint density at radius 3 is 2.21 bits per heavy atom. The summed E-state index contributed by atoms with van der Waals surface area (Å²) in [6, 6.07) is 16.7. The van der Waals surface area contributed by atoms with Gasteiger partial charge in [0.2, 0.25) is 0 Å². The summed E-state index contributed by atoms with van der Waals surface area (Å²) in [5, 5.41) is 0. The molecule has 2 heteroatoms. The van der Waals surface area contributed by atoms with Gasteiger partial charge in [-0.15, -0.1) is 0 Å². The normalized spacial score (nSPS) is 10.3. The van der Waals surface area contributed by atoms with Gasteiger partial charge in [0.15, 0.2) is 0 Å². The van der Waals surface area contributed by atoms with Crippen LogP contribution in [0.4, 0.5) is 0 Å². The van der Waals surface area contributed by atoms with Crippen molar-refractivity contribution < 1.29 is 9.53 Å². The number of carbonyl (C=O) groups excluding carboxylic acids is 1. The molecule has 2 aromatic rings. The molecule has 0 aliphatic heterocycles. The summed E-state index contributed by atoms with van der Waals surface area (Å²) < 4.78 is 5.14. The molecule has 0 unspecified atom stereocenters. The molecule has 0 radical (unpaired) electrons. The van der Waals surface area contributed by atoms with Gasteiger partial charge in [0.1, 0.15) is 5.75 Å². The van der Waals surface area contributed by atoms with Crippen LogP contribution in [-0.4, -0.2) is 5.97 Å². The second-order valence-corrected chi connectivity index (χ2v) is 3.94. The first kappa shape index (κ1) is 12.8. The van der Waals surface area contributed by atoms with Crippen LogP contribution in [-0.2, 0) is 4.79 Å². The Labute approximate surface area is 112 Å². The van der Waals surface area contributed by atoms with E-state index < -0.39 is 0 Å². The molecule has 0 fully saturated rings. The summed E-state index contributed by atoms with van der Waals surface area (Å²) in [6.07, 6.45) is 4.91. The lowest BCUT2D eigenvalue weighted by Crippen LogP contribution is -2.03. The summed E-state index contributed by atoms with van der Waals surface area (Å²) in [5.74, 6) is 0.151. The molecule has 0 N–H and O–H groups in total. The SMILES string of the molecule is C=Cc1ccc(/C=C/C(=O)Oc2ccccc2)cc1. The van der Waals surface area contributed by atoms with E-state index in [4.69, 9.17) is 4.74 Å². The fourth-order valence-corrected chi connectivity index (χ4v) is 1.55. The van der Waals surface area contributed by atoms with Crippen LogP contribution in [0.25, 0.3) is 12.2 Å². The maximum absolute atomic E-state index is 11.6. The Balaban J connectivity index is 1.97. The molecule has 0 aliphatic rings. The van der Waals surface area contributed by atoms with E-state index in [0.29, 0.717) is 5.75 Å². The molecule has 0 bridgehead atoms. The first-order valence-electron chi connectivity index (χ1n) is 5.95. The van der Waals surface area contributed by atoms with Crippen molar-refractivity contribution in [3.8, 4) is 5.75 Å². The van der Waals surface area contributed by atoms with Gasteiger partial charge in [-0.05, 0) is 29.3 Å². The lowest BCUT2D eigenvalue weighted by atomic mass is 10.1. The minimum absolute atomic E-state index is 0.390. The number of rotatable bonds is 4. The minimum atomic E-state index is -0.390. The number of para-hydroxylation sites is 1. The van der Waals surface area contributed by atoms with Crippen LogP contribution in [0.15, 0.2) is 67.3 Å². The molecule has 0 saturated carbocycles. The molecule has 0 saturated heterocycles.